The van der Waals surface area contributed by atoms with E-state index in [0.29, 0.717) is 13.0 Å². The van der Waals surface area contributed by atoms with Crippen LogP contribution < -0.4 is 11.1 Å². The molecule has 1 saturated heterocycles. The molecule has 3 atom stereocenters. The van der Waals surface area contributed by atoms with Gasteiger partial charge in [-0.25, -0.2) is 4.79 Å². The topological polar surface area (TPSA) is 90.7 Å². The highest BCUT2D eigenvalue weighted by molar-refractivity contribution is 7.10. The first kappa shape index (κ1) is 15.0. The molecule has 20 heavy (non-hydrogen) atoms. The van der Waals surface area contributed by atoms with Gasteiger partial charge in [-0.3, -0.25) is 4.79 Å². The molecule has 3 N–H and O–H groups in total. The number of thiophene rings is 1. The van der Waals surface area contributed by atoms with Crippen LogP contribution in [0, 0.1) is 0 Å². The molecule has 1 unspecified atom stereocenters. The van der Waals surface area contributed by atoms with Crippen LogP contribution in [0.2, 0.25) is 0 Å². The Kier molecular flexibility index (Phi) is 5.11. The summed E-state index contributed by atoms with van der Waals surface area (Å²) in [7, 11) is 1.30. The van der Waals surface area contributed by atoms with Crippen LogP contribution in [0.25, 0.3) is 0 Å². The molecule has 0 radical (unpaired) electrons. The van der Waals surface area contributed by atoms with E-state index in [1.54, 1.807) is 6.07 Å². The van der Waals surface area contributed by atoms with Crippen LogP contribution in [0.1, 0.15) is 23.8 Å². The predicted molar refractivity (Wildman–Crippen MR) is 74.2 cm³/mol. The summed E-state index contributed by atoms with van der Waals surface area (Å²) in [6.45, 7) is 0.398. The van der Waals surface area contributed by atoms with Gasteiger partial charge >= 0.3 is 5.97 Å². The maximum Gasteiger partial charge on any atom is 0.333 e. The molecule has 110 valence electrons. The van der Waals surface area contributed by atoms with Gasteiger partial charge in [-0.2, -0.15) is 0 Å². The highest BCUT2D eigenvalue weighted by atomic mass is 32.1. The van der Waals surface area contributed by atoms with E-state index in [1.807, 2.05) is 11.4 Å². The summed E-state index contributed by atoms with van der Waals surface area (Å²) in [5.41, 5.74) is 5.52. The third-order valence-electron chi connectivity index (χ3n) is 3.21. The van der Waals surface area contributed by atoms with Gasteiger partial charge in [-0.05, 0) is 24.3 Å². The van der Waals surface area contributed by atoms with Gasteiger partial charge in [-0.1, -0.05) is 6.07 Å². The van der Waals surface area contributed by atoms with Gasteiger partial charge in [0.2, 0.25) is 5.91 Å². The van der Waals surface area contributed by atoms with Gasteiger partial charge in [0, 0.05) is 11.4 Å². The van der Waals surface area contributed by atoms with Gasteiger partial charge in [-0.15, -0.1) is 11.3 Å². The van der Waals surface area contributed by atoms with Crippen LogP contribution >= 0.6 is 11.3 Å². The molecule has 0 aromatic carbocycles. The zero-order chi connectivity index (χ0) is 14.5. The van der Waals surface area contributed by atoms with Crippen LogP contribution in [0.3, 0.4) is 0 Å². The standard InChI is InChI=1S/C13H18N2O4S/c1-18-13(17)11(10-3-2-6-20-10)15-12(16)9-5-4-8(7-14)19-9/h2-3,6,8-9,11H,4-5,7,14H2,1H3,(H,15,16)/t8-,9+,11?/m1/s1. The summed E-state index contributed by atoms with van der Waals surface area (Å²) in [6, 6.07) is 2.82. The summed E-state index contributed by atoms with van der Waals surface area (Å²) < 4.78 is 10.3. The Morgan fingerprint density at radius 3 is 2.95 bits per heavy atom. The molecule has 2 heterocycles. The molecule has 1 aromatic rings. The van der Waals surface area contributed by atoms with Crippen molar-refractivity contribution in [1.82, 2.24) is 5.32 Å². The van der Waals surface area contributed by atoms with Crippen molar-refractivity contribution in [2.75, 3.05) is 13.7 Å². The lowest BCUT2D eigenvalue weighted by Crippen LogP contribution is -2.40. The van der Waals surface area contributed by atoms with Crippen molar-refractivity contribution in [3.8, 4) is 0 Å². The van der Waals surface area contributed by atoms with Gasteiger partial charge in [0.05, 0.1) is 13.2 Å². The number of rotatable bonds is 5. The van der Waals surface area contributed by atoms with E-state index >= 15 is 0 Å². The Balaban J connectivity index is 2.01. The molecule has 1 amide bonds. The number of esters is 1. The minimum atomic E-state index is -0.784. The summed E-state index contributed by atoms with van der Waals surface area (Å²) in [4.78, 5) is 24.7. The number of methoxy groups -OCH3 is 1. The Morgan fingerprint density at radius 2 is 2.40 bits per heavy atom. The molecular formula is C13H18N2O4S. The molecule has 6 nitrogen and oxygen atoms in total. The van der Waals surface area contributed by atoms with Crippen LogP contribution in [-0.4, -0.2) is 37.7 Å². The fourth-order valence-corrected chi connectivity index (χ4v) is 2.89. The molecule has 1 aliphatic heterocycles. The maximum absolute atomic E-state index is 12.2. The smallest absolute Gasteiger partial charge is 0.333 e. The van der Waals surface area contributed by atoms with Crippen LogP contribution in [0.15, 0.2) is 17.5 Å². The highest BCUT2D eigenvalue weighted by Crippen LogP contribution is 2.23. The minimum absolute atomic E-state index is 0.0796. The van der Waals surface area contributed by atoms with Crippen molar-refractivity contribution in [3.63, 3.8) is 0 Å². The monoisotopic (exact) mass is 298 g/mol. The quantitative estimate of drug-likeness (QED) is 0.776. The molecule has 1 aliphatic rings. The van der Waals surface area contributed by atoms with E-state index in [2.05, 4.69) is 5.32 Å². The number of hydrogen-bond donors (Lipinski definition) is 2. The lowest BCUT2D eigenvalue weighted by molar-refractivity contribution is -0.147. The maximum atomic E-state index is 12.2. The third kappa shape index (κ3) is 3.36. The highest BCUT2D eigenvalue weighted by Gasteiger charge is 2.33. The Hall–Kier alpha value is -1.44. The first-order chi connectivity index (χ1) is 9.65. The zero-order valence-electron chi connectivity index (χ0n) is 11.2. The lowest BCUT2D eigenvalue weighted by Gasteiger charge is -2.18. The van der Waals surface area contributed by atoms with E-state index < -0.39 is 18.1 Å². The Bertz CT molecular complexity index is 463. The molecule has 0 bridgehead atoms. The fraction of sp³-hybridized carbons (Fsp3) is 0.538. The van der Waals surface area contributed by atoms with E-state index in [0.717, 1.165) is 11.3 Å². The molecule has 1 aromatic heterocycles. The molecular weight excluding hydrogens is 280 g/mol. The first-order valence-corrected chi connectivity index (χ1v) is 7.30. The van der Waals surface area contributed by atoms with E-state index in [1.165, 1.54) is 18.4 Å². The number of amides is 1. The summed E-state index contributed by atoms with van der Waals surface area (Å²) in [5, 5.41) is 4.53. The molecule has 0 spiro atoms. The predicted octanol–water partition coefficient (Wildman–Crippen LogP) is 0.585. The lowest BCUT2D eigenvalue weighted by atomic mass is 10.1. The van der Waals surface area contributed by atoms with Gasteiger partial charge in [0.15, 0.2) is 6.04 Å². The van der Waals surface area contributed by atoms with E-state index in [4.69, 9.17) is 15.2 Å². The molecule has 2 rings (SSSR count). The van der Waals surface area contributed by atoms with E-state index in [-0.39, 0.29) is 12.0 Å². The molecule has 1 fully saturated rings. The summed E-state index contributed by atoms with van der Waals surface area (Å²) in [5.74, 6) is -0.793. The number of nitrogens with two attached hydrogens (primary N) is 1. The van der Waals surface area contributed by atoms with Crippen LogP contribution in [0.4, 0.5) is 0 Å². The Labute approximate surface area is 121 Å². The number of ether oxygens (including phenoxy) is 2. The average Bonchev–Trinajstić information content (AvgIpc) is 3.14. The first-order valence-electron chi connectivity index (χ1n) is 6.42. The third-order valence-corrected chi connectivity index (χ3v) is 4.15. The summed E-state index contributed by atoms with van der Waals surface area (Å²) in [6.07, 6.45) is 0.752. The second-order valence-corrected chi connectivity index (χ2v) is 5.52. The number of hydrogen-bond acceptors (Lipinski definition) is 6. The molecule has 7 heteroatoms. The van der Waals surface area contributed by atoms with Gasteiger partial charge in [0.25, 0.3) is 0 Å². The van der Waals surface area contributed by atoms with E-state index in [9.17, 15) is 9.59 Å². The number of carbonyl (C=O) groups is 2. The second-order valence-electron chi connectivity index (χ2n) is 4.54. The Morgan fingerprint density at radius 1 is 1.60 bits per heavy atom. The van der Waals surface area contributed by atoms with Crippen molar-refractivity contribution in [2.45, 2.75) is 31.1 Å². The van der Waals surface area contributed by atoms with Crippen LogP contribution in [0.5, 0.6) is 0 Å². The van der Waals surface area contributed by atoms with Gasteiger partial charge in [0.1, 0.15) is 6.10 Å². The van der Waals surface area contributed by atoms with Crippen molar-refractivity contribution in [2.24, 2.45) is 5.73 Å². The van der Waals surface area contributed by atoms with Crippen LogP contribution in [-0.2, 0) is 19.1 Å². The average molecular weight is 298 g/mol. The SMILES string of the molecule is COC(=O)C(NC(=O)[C@@H]1CC[C@H](CN)O1)c1cccs1. The zero-order valence-corrected chi connectivity index (χ0v) is 12.0. The molecule has 0 saturated carbocycles. The molecule has 0 aliphatic carbocycles. The van der Waals surface area contributed by atoms with Crippen molar-refractivity contribution in [3.05, 3.63) is 22.4 Å². The fourth-order valence-electron chi connectivity index (χ4n) is 2.13. The summed E-state index contributed by atoms with van der Waals surface area (Å²) >= 11 is 1.39. The van der Waals surface area contributed by atoms with Crippen molar-refractivity contribution in [1.29, 1.82) is 0 Å². The second kappa shape index (κ2) is 6.83. The minimum Gasteiger partial charge on any atom is -0.467 e. The van der Waals surface area contributed by atoms with Crippen molar-refractivity contribution < 1.29 is 19.1 Å². The number of carbonyl (C=O) groups excluding carboxylic acids is 2. The van der Waals surface area contributed by atoms with Crippen molar-refractivity contribution >= 4 is 23.2 Å². The number of nitrogens with one attached hydrogen (secondary N) is 1. The largest absolute Gasteiger partial charge is 0.467 e. The van der Waals surface area contributed by atoms with Gasteiger partial charge < -0.3 is 20.5 Å². The normalized spacial score (nSPS) is 23.3.